The number of rotatable bonds is 7. The highest BCUT2D eigenvalue weighted by atomic mass is 35.5. The van der Waals surface area contributed by atoms with Crippen LogP contribution in [0, 0.1) is 5.41 Å². The van der Waals surface area contributed by atoms with Gasteiger partial charge in [0.15, 0.2) is 5.96 Å². The van der Waals surface area contributed by atoms with Crippen LogP contribution in [0.4, 0.5) is 0 Å². The first-order chi connectivity index (χ1) is 10.9. The van der Waals surface area contributed by atoms with Crippen LogP contribution in [-0.4, -0.2) is 38.5 Å². The number of nitrogens with one attached hydrogen (secondary N) is 3. The fraction of sp³-hybridized carbons (Fsp3) is 0.529. The molecular weight excluding hydrogens is 312 g/mol. The topological polar surface area (TPSA) is 65.5 Å². The zero-order valence-corrected chi connectivity index (χ0v) is 15.1. The molecule has 0 aromatic heterocycles. The number of hydrogen-bond donors (Lipinski definition) is 3. The van der Waals surface area contributed by atoms with Crippen LogP contribution >= 0.6 is 11.6 Å². The molecule has 0 fully saturated rings. The van der Waals surface area contributed by atoms with Crippen molar-refractivity contribution in [3.63, 3.8) is 0 Å². The van der Waals surface area contributed by atoms with Gasteiger partial charge >= 0.3 is 0 Å². The average molecular weight is 339 g/mol. The van der Waals surface area contributed by atoms with E-state index < -0.39 is 5.41 Å². The molecule has 0 atom stereocenters. The van der Waals surface area contributed by atoms with Gasteiger partial charge in [-0.15, -0.1) is 0 Å². The second-order valence-electron chi connectivity index (χ2n) is 5.96. The lowest BCUT2D eigenvalue weighted by molar-refractivity contribution is -0.128. The van der Waals surface area contributed by atoms with Gasteiger partial charge in [-0.1, -0.05) is 23.7 Å². The second-order valence-corrected chi connectivity index (χ2v) is 6.40. The van der Waals surface area contributed by atoms with Crippen LogP contribution in [-0.2, 0) is 11.2 Å². The van der Waals surface area contributed by atoms with Crippen molar-refractivity contribution >= 4 is 23.5 Å². The van der Waals surface area contributed by atoms with E-state index in [-0.39, 0.29) is 5.91 Å². The zero-order valence-electron chi connectivity index (χ0n) is 14.4. The van der Waals surface area contributed by atoms with Gasteiger partial charge < -0.3 is 16.0 Å². The molecule has 6 heteroatoms. The second kappa shape index (κ2) is 9.40. The largest absolute Gasteiger partial charge is 0.359 e. The van der Waals surface area contributed by atoms with E-state index in [1.54, 1.807) is 7.05 Å². The van der Waals surface area contributed by atoms with Crippen molar-refractivity contribution in [3.05, 3.63) is 34.9 Å². The predicted octanol–water partition coefficient (Wildman–Crippen LogP) is 2.21. The molecule has 3 N–H and O–H groups in total. The summed E-state index contributed by atoms with van der Waals surface area (Å²) in [6.45, 7) is 7.70. The molecule has 0 aliphatic rings. The monoisotopic (exact) mass is 338 g/mol. The summed E-state index contributed by atoms with van der Waals surface area (Å²) < 4.78 is 0. The predicted molar refractivity (Wildman–Crippen MR) is 97.0 cm³/mol. The highest BCUT2D eigenvalue weighted by molar-refractivity contribution is 6.30. The Labute approximate surface area is 143 Å². The molecule has 0 saturated heterocycles. The molecule has 128 valence electrons. The molecule has 1 rings (SSSR count). The highest BCUT2D eigenvalue weighted by Gasteiger charge is 2.26. The van der Waals surface area contributed by atoms with Crippen molar-refractivity contribution in [2.24, 2.45) is 10.4 Å². The average Bonchev–Trinajstić information content (AvgIpc) is 2.52. The van der Waals surface area contributed by atoms with Gasteiger partial charge in [-0.25, -0.2) is 0 Å². The summed E-state index contributed by atoms with van der Waals surface area (Å²) in [5.41, 5.74) is 0.635. The van der Waals surface area contributed by atoms with E-state index in [0.29, 0.717) is 12.5 Å². The number of aliphatic imine (C=N–C) groups is 1. The maximum absolute atomic E-state index is 11.8. The van der Waals surface area contributed by atoms with E-state index >= 15 is 0 Å². The van der Waals surface area contributed by atoms with E-state index in [1.165, 1.54) is 5.56 Å². The Kier molecular flexibility index (Phi) is 7.89. The molecule has 1 amide bonds. The van der Waals surface area contributed by atoms with Crippen molar-refractivity contribution in [1.29, 1.82) is 0 Å². The van der Waals surface area contributed by atoms with Crippen LogP contribution in [0.25, 0.3) is 0 Å². The molecule has 5 nitrogen and oxygen atoms in total. The molecule has 0 bridgehead atoms. The standard InChI is InChI=1S/C17H27ClN4O/c1-5-20-16(22-12-17(2,3)15(23)19-4)21-10-9-13-7-6-8-14(18)11-13/h6-8,11H,5,9-10,12H2,1-4H3,(H,19,23)(H2,20,21,22). The number of carbonyl (C=O) groups is 1. The molecule has 1 aromatic carbocycles. The lowest BCUT2D eigenvalue weighted by Crippen LogP contribution is -2.41. The van der Waals surface area contributed by atoms with Gasteiger partial charge in [-0.05, 0) is 44.9 Å². The normalized spacial score (nSPS) is 12.0. The molecule has 23 heavy (non-hydrogen) atoms. The van der Waals surface area contributed by atoms with Crippen LogP contribution in [0.5, 0.6) is 0 Å². The number of carbonyl (C=O) groups excluding carboxylic acids is 1. The molecule has 0 radical (unpaired) electrons. The minimum absolute atomic E-state index is 0.0176. The van der Waals surface area contributed by atoms with Crippen molar-refractivity contribution < 1.29 is 4.79 Å². The van der Waals surface area contributed by atoms with Crippen LogP contribution in [0.3, 0.4) is 0 Å². The third-order valence-electron chi connectivity index (χ3n) is 3.41. The van der Waals surface area contributed by atoms with Crippen LogP contribution in [0.1, 0.15) is 26.3 Å². The van der Waals surface area contributed by atoms with Gasteiger partial charge in [0.2, 0.25) is 5.91 Å². The molecule has 1 aromatic rings. The Bertz CT molecular complexity index is 543. The van der Waals surface area contributed by atoms with Crippen LogP contribution in [0.15, 0.2) is 29.3 Å². The number of nitrogens with zero attached hydrogens (tertiary/aromatic N) is 1. The first-order valence-electron chi connectivity index (χ1n) is 7.88. The van der Waals surface area contributed by atoms with Gasteiger partial charge in [-0.2, -0.15) is 0 Å². The molecule has 0 unspecified atom stereocenters. The first kappa shape index (κ1) is 19.3. The quantitative estimate of drug-likeness (QED) is 0.527. The SMILES string of the molecule is CCNC(=NCC(C)(C)C(=O)NC)NCCc1cccc(Cl)c1. The number of guanidine groups is 1. The molecular formula is C17H27ClN4O. The first-order valence-corrected chi connectivity index (χ1v) is 8.25. The Morgan fingerprint density at radius 2 is 2.04 bits per heavy atom. The minimum atomic E-state index is -0.538. The highest BCUT2D eigenvalue weighted by Crippen LogP contribution is 2.15. The summed E-state index contributed by atoms with van der Waals surface area (Å²) in [4.78, 5) is 16.3. The van der Waals surface area contributed by atoms with Gasteiger partial charge in [0, 0.05) is 25.2 Å². The molecule has 0 aliphatic heterocycles. The van der Waals surface area contributed by atoms with E-state index in [1.807, 2.05) is 45.0 Å². The molecule has 0 aliphatic carbocycles. The smallest absolute Gasteiger partial charge is 0.227 e. The third-order valence-corrected chi connectivity index (χ3v) is 3.65. The summed E-state index contributed by atoms with van der Waals surface area (Å²) in [5, 5.41) is 9.89. The van der Waals surface area contributed by atoms with Crippen molar-refractivity contribution in [1.82, 2.24) is 16.0 Å². The van der Waals surface area contributed by atoms with Crippen LogP contribution < -0.4 is 16.0 Å². The van der Waals surface area contributed by atoms with E-state index in [2.05, 4.69) is 20.9 Å². The summed E-state index contributed by atoms with van der Waals surface area (Å²) in [5.74, 6) is 0.697. The van der Waals surface area contributed by atoms with Gasteiger partial charge in [-0.3, -0.25) is 9.79 Å². The fourth-order valence-electron chi connectivity index (χ4n) is 2.05. The molecule has 0 spiro atoms. The molecule has 0 saturated carbocycles. The van der Waals surface area contributed by atoms with Gasteiger partial charge in [0.05, 0.1) is 12.0 Å². The lowest BCUT2D eigenvalue weighted by Gasteiger charge is -2.21. The van der Waals surface area contributed by atoms with Gasteiger partial charge in [0.25, 0.3) is 0 Å². The Morgan fingerprint density at radius 1 is 1.30 bits per heavy atom. The summed E-state index contributed by atoms with van der Waals surface area (Å²) >= 11 is 5.99. The molecule has 0 heterocycles. The third kappa shape index (κ3) is 6.91. The van der Waals surface area contributed by atoms with Crippen molar-refractivity contribution in [2.75, 3.05) is 26.7 Å². The summed E-state index contributed by atoms with van der Waals surface area (Å²) in [6.07, 6.45) is 0.851. The zero-order chi connectivity index (χ0) is 17.3. The summed E-state index contributed by atoms with van der Waals surface area (Å²) in [6, 6.07) is 7.82. The Hall–Kier alpha value is -1.75. The Morgan fingerprint density at radius 3 is 2.65 bits per heavy atom. The van der Waals surface area contributed by atoms with E-state index in [4.69, 9.17) is 11.6 Å². The number of amides is 1. The maximum Gasteiger partial charge on any atom is 0.227 e. The fourth-order valence-corrected chi connectivity index (χ4v) is 2.26. The minimum Gasteiger partial charge on any atom is -0.359 e. The lowest BCUT2D eigenvalue weighted by atomic mass is 9.93. The van der Waals surface area contributed by atoms with Crippen molar-refractivity contribution in [2.45, 2.75) is 27.2 Å². The maximum atomic E-state index is 11.8. The van der Waals surface area contributed by atoms with Gasteiger partial charge in [0.1, 0.15) is 0 Å². The van der Waals surface area contributed by atoms with E-state index in [9.17, 15) is 4.79 Å². The van der Waals surface area contributed by atoms with Crippen molar-refractivity contribution in [3.8, 4) is 0 Å². The number of halogens is 1. The number of benzene rings is 1. The number of hydrogen-bond acceptors (Lipinski definition) is 2. The summed E-state index contributed by atoms with van der Waals surface area (Å²) in [7, 11) is 1.64. The Balaban J connectivity index is 2.57. The van der Waals surface area contributed by atoms with Crippen LogP contribution in [0.2, 0.25) is 5.02 Å². The van der Waals surface area contributed by atoms with E-state index in [0.717, 1.165) is 24.5 Å².